The van der Waals surface area contributed by atoms with Gasteiger partial charge >= 0.3 is 0 Å². The van der Waals surface area contributed by atoms with Crippen LogP contribution in [0.15, 0.2) is 30.3 Å². The highest BCUT2D eigenvalue weighted by Gasteiger charge is 2.27. The van der Waals surface area contributed by atoms with Gasteiger partial charge in [0.05, 0.1) is 31.9 Å². The van der Waals surface area contributed by atoms with Gasteiger partial charge in [0, 0.05) is 49.6 Å². The highest BCUT2D eigenvalue weighted by molar-refractivity contribution is 5.82. The monoisotopic (exact) mass is 370 g/mol. The number of hydrogen-bond acceptors (Lipinski definition) is 6. The lowest BCUT2D eigenvalue weighted by Gasteiger charge is -2.36. The number of carbonyl (C=O) groups is 1. The SMILES string of the molecule is NC(=O)C[C@H]1COCCN1Cc1cc2ccccc2nc1N1CCOCC1. The summed E-state index contributed by atoms with van der Waals surface area (Å²) in [4.78, 5) is 21.0. The number of pyridine rings is 1. The number of benzene rings is 1. The molecule has 2 aromatic rings. The average molecular weight is 370 g/mol. The summed E-state index contributed by atoms with van der Waals surface area (Å²) in [7, 11) is 0. The number of para-hydroxylation sites is 1. The van der Waals surface area contributed by atoms with Crippen LogP contribution < -0.4 is 10.6 Å². The Kier molecular flexibility index (Phi) is 5.52. The Morgan fingerprint density at radius 1 is 1.15 bits per heavy atom. The van der Waals surface area contributed by atoms with Crippen molar-refractivity contribution in [3.63, 3.8) is 0 Å². The number of ether oxygens (including phenoxy) is 2. The normalized spacial score (nSPS) is 21.5. The first-order chi connectivity index (χ1) is 13.2. The van der Waals surface area contributed by atoms with Crippen LogP contribution >= 0.6 is 0 Å². The van der Waals surface area contributed by atoms with Gasteiger partial charge in [-0.3, -0.25) is 9.69 Å². The molecule has 0 spiro atoms. The molecule has 1 atom stereocenters. The zero-order chi connectivity index (χ0) is 18.6. The summed E-state index contributed by atoms with van der Waals surface area (Å²) in [5.74, 6) is 0.724. The third-order valence-electron chi connectivity index (χ3n) is 5.25. The van der Waals surface area contributed by atoms with Gasteiger partial charge in [-0.05, 0) is 12.1 Å². The maximum Gasteiger partial charge on any atom is 0.219 e. The number of nitrogens with two attached hydrogens (primary N) is 1. The molecule has 144 valence electrons. The first kappa shape index (κ1) is 18.2. The average Bonchev–Trinajstić information content (AvgIpc) is 2.69. The lowest BCUT2D eigenvalue weighted by Crippen LogP contribution is -2.47. The van der Waals surface area contributed by atoms with Gasteiger partial charge in [0.15, 0.2) is 0 Å². The molecule has 0 saturated carbocycles. The van der Waals surface area contributed by atoms with Crippen LogP contribution in [-0.4, -0.2) is 67.9 Å². The van der Waals surface area contributed by atoms with Gasteiger partial charge in [0.2, 0.25) is 5.91 Å². The largest absolute Gasteiger partial charge is 0.378 e. The third kappa shape index (κ3) is 4.21. The van der Waals surface area contributed by atoms with Crippen LogP contribution in [0, 0.1) is 0 Å². The molecule has 0 aliphatic carbocycles. The lowest BCUT2D eigenvalue weighted by molar-refractivity contribution is -0.121. The summed E-state index contributed by atoms with van der Waals surface area (Å²) in [6.45, 7) is 5.84. The fourth-order valence-corrected chi connectivity index (χ4v) is 3.85. The lowest BCUT2D eigenvalue weighted by atomic mass is 10.1. The predicted octanol–water partition coefficient (Wildman–Crippen LogP) is 1.15. The molecule has 2 aliphatic heterocycles. The molecule has 1 amide bonds. The van der Waals surface area contributed by atoms with Gasteiger partial charge in [0.25, 0.3) is 0 Å². The number of aromatic nitrogens is 1. The zero-order valence-electron chi connectivity index (χ0n) is 15.5. The number of morpholine rings is 2. The van der Waals surface area contributed by atoms with E-state index in [1.807, 2.05) is 18.2 Å². The van der Waals surface area contributed by atoms with E-state index in [2.05, 4.69) is 21.9 Å². The second-order valence-electron chi connectivity index (χ2n) is 7.13. The summed E-state index contributed by atoms with van der Waals surface area (Å²) in [5, 5.41) is 1.13. The molecular formula is C20H26N4O3. The molecular weight excluding hydrogens is 344 g/mol. The molecule has 3 heterocycles. The summed E-state index contributed by atoms with van der Waals surface area (Å²) in [5.41, 5.74) is 7.62. The van der Waals surface area contributed by atoms with E-state index < -0.39 is 0 Å². The topological polar surface area (TPSA) is 80.9 Å². The number of fused-ring (bicyclic) bond motifs is 1. The highest BCUT2D eigenvalue weighted by atomic mass is 16.5. The molecule has 1 aromatic heterocycles. The van der Waals surface area contributed by atoms with Crippen LogP contribution in [-0.2, 0) is 20.8 Å². The quantitative estimate of drug-likeness (QED) is 0.850. The fraction of sp³-hybridized carbons (Fsp3) is 0.500. The van der Waals surface area contributed by atoms with E-state index in [9.17, 15) is 4.79 Å². The molecule has 7 heteroatoms. The van der Waals surface area contributed by atoms with Crippen molar-refractivity contribution in [1.82, 2.24) is 9.88 Å². The molecule has 0 radical (unpaired) electrons. The minimum absolute atomic E-state index is 0.0141. The Balaban J connectivity index is 1.66. The van der Waals surface area contributed by atoms with Crippen molar-refractivity contribution in [2.24, 2.45) is 5.73 Å². The maximum absolute atomic E-state index is 11.5. The Labute approximate surface area is 159 Å². The summed E-state index contributed by atoms with van der Waals surface area (Å²) < 4.78 is 11.1. The number of carbonyl (C=O) groups excluding carboxylic acids is 1. The summed E-state index contributed by atoms with van der Waals surface area (Å²) in [6.07, 6.45) is 0.313. The van der Waals surface area contributed by atoms with Crippen molar-refractivity contribution in [2.45, 2.75) is 19.0 Å². The second-order valence-corrected chi connectivity index (χ2v) is 7.13. The van der Waals surface area contributed by atoms with Gasteiger partial charge in [0.1, 0.15) is 5.82 Å². The van der Waals surface area contributed by atoms with E-state index in [1.165, 1.54) is 5.56 Å². The minimum Gasteiger partial charge on any atom is -0.378 e. The van der Waals surface area contributed by atoms with Crippen LogP contribution in [0.1, 0.15) is 12.0 Å². The fourth-order valence-electron chi connectivity index (χ4n) is 3.85. The van der Waals surface area contributed by atoms with Crippen molar-refractivity contribution in [2.75, 3.05) is 51.0 Å². The van der Waals surface area contributed by atoms with Crippen molar-refractivity contribution in [1.29, 1.82) is 0 Å². The van der Waals surface area contributed by atoms with Gasteiger partial charge in [-0.25, -0.2) is 4.98 Å². The number of hydrogen-bond donors (Lipinski definition) is 1. The first-order valence-electron chi connectivity index (χ1n) is 9.52. The standard InChI is InChI=1S/C20H26N4O3/c21-19(25)12-17-14-27-10-7-24(17)13-16-11-15-3-1-2-4-18(15)22-20(16)23-5-8-26-9-6-23/h1-4,11,17H,5-10,12-14H2,(H2,21,25)/t17-/m0/s1. The maximum atomic E-state index is 11.5. The van der Waals surface area contributed by atoms with Crippen molar-refractivity contribution < 1.29 is 14.3 Å². The van der Waals surface area contributed by atoms with Gasteiger partial charge in [-0.2, -0.15) is 0 Å². The molecule has 7 nitrogen and oxygen atoms in total. The van der Waals surface area contributed by atoms with Crippen molar-refractivity contribution in [3.05, 3.63) is 35.9 Å². The first-order valence-corrected chi connectivity index (χ1v) is 9.52. The highest BCUT2D eigenvalue weighted by Crippen LogP contribution is 2.27. The van der Waals surface area contributed by atoms with E-state index in [1.54, 1.807) is 0 Å². The number of rotatable bonds is 5. The van der Waals surface area contributed by atoms with Crippen LogP contribution in [0.2, 0.25) is 0 Å². The second kappa shape index (κ2) is 8.21. The number of primary amides is 1. The summed E-state index contributed by atoms with van der Waals surface area (Å²) in [6, 6.07) is 10.4. The Morgan fingerprint density at radius 3 is 2.74 bits per heavy atom. The molecule has 0 unspecified atom stereocenters. The van der Waals surface area contributed by atoms with E-state index in [-0.39, 0.29) is 11.9 Å². The molecule has 2 N–H and O–H groups in total. The third-order valence-corrected chi connectivity index (χ3v) is 5.25. The van der Waals surface area contributed by atoms with Gasteiger partial charge < -0.3 is 20.1 Å². The summed E-state index contributed by atoms with van der Waals surface area (Å²) >= 11 is 0. The van der Waals surface area contributed by atoms with Crippen LogP contribution in [0.25, 0.3) is 10.9 Å². The van der Waals surface area contributed by atoms with Crippen LogP contribution in [0.3, 0.4) is 0 Å². The number of amides is 1. The van der Waals surface area contributed by atoms with E-state index in [0.717, 1.165) is 56.1 Å². The van der Waals surface area contributed by atoms with Crippen LogP contribution in [0.4, 0.5) is 5.82 Å². The molecule has 2 saturated heterocycles. The van der Waals surface area contributed by atoms with Crippen molar-refractivity contribution in [3.8, 4) is 0 Å². The molecule has 4 rings (SSSR count). The molecule has 0 bridgehead atoms. The predicted molar refractivity (Wildman–Crippen MR) is 104 cm³/mol. The Hall–Kier alpha value is -2.22. The smallest absolute Gasteiger partial charge is 0.219 e. The Morgan fingerprint density at radius 2 is 1.93 bits per heavy atom. The minimum atomic E-state index is -0.291. The molecule has 1 aromatic carbocycles. The van der Waals surface area contributed by atoms with E-state index in [0.29, 0.717) is 19.6 Å². The molecule has 27 heavy (non-hydrogen) atoms. The van der Waals surface area contributed by atoms with Gasteiger partial charge in [-0.15, -0.1) is 0 Å². The Bertz CT molecular complexity index is 807. The van der Waals surface area contributed by atoms with E-state index in [4.69, 9.17) is 20.2 Å². The van der Waals surface area contributed by atoms with Gasteiger partial charge in [-0.1, -0.05) is 18.2 Å². The molecule has 2 aliphatic rings. The van der Waals surface area contributed by atoms with Crippen molar-refractivity contribution >= 4 is 22.6 Å². The zero-order valence-corrected chi connectivity index (χ0v) is 15.5. The van der Waals surface area contributed by atoms with E-state index >= 15 is 0 Å². The molecule has 2 fully saturated rings. The number of nitrogens with zero attached hydrogens (tertiary/aromatic N) is 3. The van der Waals surface area contributed by atoms with Crippen LogP contribution in [0.5, 0.6) is 0 Å². The number of anilines is 1.